The Balaban J connectivity index is 0.00000484. The first kappa shape index (κ1) is 22.1. The fourth-order valence-electron chi connectivity index (χ4n) is 2.25. The average Bonchev–Trinajstić information content (AvgIpc) is 2.53. The van der Waals surface area contributed by atoms with Gasteiger partial charge in [0.15, 0.2) is 5.96 Å². The van der Waals surface area contributed by atoms with Gasteiger partial charge in [-0.1, -0.05) is 19.9 Å². The molecule has 1 rings (SSSR count). The molecule has 0 spiro atoms. The predicted molar refractivity (Wildman–Crippen MR) is 108 cm³/mol. The maximum absolute atomic E-state index is 5.75. The Morgan fingerprint density at radius 3 is 2.61 bits per heavy atom. The number of rotatable bonds is 9. The lowest BCUT2D eigenvalue weighted by atomic mass is 10.0. The summed E-state index contributed by atoms with van der Waals surface area (Å²) in [6.45, 7) is 8.89. The van der Waals surface area contributed by atoms with Gasteiger partial charge in [0, 0.05) is 39.1 Å². The Kier molecular flexibility index (Phi) is 13.0. The second kappa shape index (κ2) is 13.5. The van der Waals surface area contributed by atoms with Gasteiger partial charge in [0.25, 0.3) is 0 Å². The van der Waals surface area contributed by atoms with Gasteiger partial charge in [-0.3, -0.25) is 9.98 Å². The molecule has 0 aliphatic rings. The van der Waals surface area contributed by atoms with Gasteiger partial charge in [-0.15, -0.1) is 24.0 Å². The van der Waals surface area contributed by atoms with E-state index in [1.807, 2.05) is 19.2 Å². The van der Waals surface area contributed by atoms with Crippen LogP contribution >= 0.6 is 24.0 Å². The van der Waals surface area contributed by atoms with E-state index in [9.17, 15) is 0 Å². The highest BCUT2D eigenvalue weighted by molar-refractivity contribution is 14.0. The molecule has 132 valence electrons. The molecule has 1 aromatic heterocycles. The van der Waals surface area contributed by atoms with Crippen molar-refractivity contribution in [2.24, 2.45) is 10.9 Å². The lowest BCUT2D eigenvalue weighted by Gasteiger charge is -2.21. The van der Waals surface area contributed by atoms with Crippen LogP contribution in [-0.4, -0.2) is 43.8 Å². The topological polar surface area (TPSA) is 58.5 Å². The number of nitrogens with zero attached hydrogens (tertiary/aromatic N) is 2. The first-order chi connectivity index (χ1) is 10.7. The Bertz CT molecular complexity index is 426. The number of aliphatic imine (C=N–C) groups is 1. The van der Waals surface area contributed by atoms with Crippen molar-refractivity contribution in [2.45, 2.75) is 39.7 Å². The van der Waals surface area contributed by atoms with E-state index in [2.05, 4.69) is 40.5 Å². The molecule has 0 fully saturated rings. The lowest BCUT2D eigenvalue weighted by molar-refractivity contribution is 0.0258. The number of guanidine groups is 1. The van der Waals surface area contributed by atoms with E-state index in [1.165, 1.54) is 5.56 Å². The zero-order valence-electron chi connectivity index (χ0n) is 14.7. The smallest absolute Gasteiger partial charge is 0.190 e. The standard InChI is InChI=1S/C17H30N4O.HI/c1-5-22-16(14(2)3)9-12-21-17(18-4)20-11-8-15-7-6-10-19-13-15;/h6-7,10,13-14,16H,5,8-9,11-12H2,1-4H3,(H2,18,20,21);1H. The van der Waals surface area contributed by atoms with Crippen molar-refractivity contribution < 1.29 is 4.74 Å². The van der Waals surface area contributed by atoms with E-state index in [4.69, 9.17) is 4.74 Å². The van der Waals surface area contributed by atoms with Crippen LogP contribution in [0, 0.1) is 5.92 Å². The third-order valence-corrected chi connectivity index (χ3v) is 3.50. The third kappa shape index (κ3) is 9.76. The Labute approximate surface area is 157 Å². The third-order valence-electron chi connectivity index (χ3n) is 3.50. The SMILES string of the molecule is CCOC(CCNC(=NC)NCCc1cccnc1)C(C)C.I. The van der Waals surface area contributed by atoms with Crippen molar-refractivity contribution in [1.82, 2.24) is 15.6 Å². The van der Waals surface area contributed by atoms with Crippen LogP contribution < -0.4 is 10.6 Å². The number of ether oxygens (including phenoxy) is 1. The van der Waals surface area contributed by atoms with Crippen LogP contribution in [0.3, 0.4) is 0 Å². The van der Waals surface area contributed by atoms with Crippen LogP contribution in [0.15, 0.2) is 29.5 Å². The zero-order chi connectivity index (χ0) is 16.2. The summed E-state index contributed by atoms with van der Waals surface area (Å²) in [6, 6.07) is 4.04. The summed E-state index contributed by atoms with van der Waals surface area (Å²) in [5, 5.41) is 6.67. The van der Waals surface area contributed by atoms with E-state index in [0.717, 1.165) is 38.5 Å². The molecule has 0 saturated carbocycles. The second-order valence-corrected chi connectivity index (χ2v) is 5.56. The second-order valence-electron chi connectivity index (χ2n) is 5.56. The van der Waals surface area contributed by atoms with Gasteiger partial charge >= 0.3 is 0 Å². The van der Waals surface area contributed by atoms with Crippen LogP contribution in [0.5, 0.6) is 0 Å². The number of hydrogen-bond acceptors (Lipinski definition) is 3. The summed E-state index contributed by atoms with van der Waals surface area (Å²) < 4.78 is 5.75. The maximum Gasteiger partial charge on any atom is 0.190 e. The number of hydrogen-bond donors (Lipinski definition) is 2. The molecule has 1 aromatic rings. The van der Waals surface area contributed by atoms with Crippen molar-refractivity contribution >= 4 is 29.9 Å². The van der Waals surface area contributed by atoms with Gasteiger partial charge in [-0.05, 0) is 37.3 Å². The molecule has 2 N–H and O–H groups in total. The summed E-state index contributed by atoms with van der Waals surface area (Å²) >= 11 is 0. The highest BCUT2D eigenvalue weighted by Crippen LogP contribution is 2.09. The van der Waals surface area contributed by atoms with Gasteiger partial charge < -0.3 is 15.4 Å². The van der Waals surface area contributed by atoms with E-state index >= 15 is 0 Å². The van der Waals surface area contributed by atoms with Crippen LogP contribution in [-0.2, 0) is 11.2 Å². The van der Waals surface area contributed by atoms with Gasteiger partial charge in [0.05, 0.1) is 6.10 Å². The van der Waals surface area contributed by atoms with E-state index in [-0.39, 0.29) is 24.0 Å². The molecule has 23 heavy (non-hydrogen) atoms. The van der Waals surface area contributed by atoms with E-state index in [1.54, 1.807) is 13.2 Å². The van der Waals surface area contributed by atoms with Gasteiger partial charge in [-0.25, -0.2) is 0 Å². The van der Waals surface area contributed by atoms with Crippen molar-refractivity contribution in [2.75, 3.05) is 26.7 Å². The highest BCUT2D eigenvalue weighted by Gasteiger charge is 2.12. The molecule has 0 bridgehead atoms. The molecule has 5 nitrogen and oxygen atoms in total. The summed E-state index contributed by atoms with van der Waals surface area (Å²) in [5.41, 5.74) is 1.22. The molecular formula is C17H31IN4O. The molecule has 0 aliphatic carbocycles. The van der Waals surface area contributed by atoms with E-state index in [0.29, 0.717) is 12.0 Å². The lowest BCUT2D eigenvalue weighted by Crippen LogP contribution is -2.40. The monoisotopic (exact) mass is 434 g/mol. The summed E-state index contributed by atoms with van der Waals surface area (Å²) in [6.07, 6.45) is 5.90. The van der Waals surface area contributed by atoms with E-state index < -0.39 is 0 Å². The van der Waals surface area contributed by atoms with Crippen molar-refractivity contribution in [3.8, 4) is 0 Å². The summed E-state index contributed by atoms with van der Waals surface area (Å²) in [4.78, 5) is 8.36. The minimum absolute atomic E-state index is 0. The predicted octanol–water partition coefficient (Wildman–Crippen LogP) is 2.86. The molecule has 6 heteroatoms. The largest absolute Gasteiger partial charge is 0.378 e. The molecule has 0 aromatic carbocycles. The first-order valence-electron chi connectivity index (χ1n) is 8.12. The molecule has 0 amide bonds. The number of pyridine rings is 1. The molecular weight excluding hydrogens is 403 g/mol. The van der Waals surface area contributed by atoms with Crippen LogP contribution in [0.4, 0.5) is 0 Å². The molecule has 0 saturated heterocycles. The minimum atomic E-state index is 0. The average molecular weight is 434 g/mol. The molecule has 0 radical (unpaired) electrons. The van der Waals surface area contributed by atoms with Crippen LogP contribution in [0.2, 0.25) is 0 Å². The minimum Gasteiger partial charge on any atom is -0.378 e. The highest BCUT2D eigenvalue weighted by atomic mass is 127. The fraction of sp³-hybridized carbons (Fsp3) is 0.647. The number of aromatic nitrogens is 1. The number of halogens is 1. The quantitative estimate of drug-likeness (QED) is 0.357. The van der Waals surface area contributed by atoms with Crippen molar-refractivity contribution in [1.29, 1.82) is 0 Å². The normalized spacial score (nSPS) is 12.7. The summed E-state index contributed by atoms with van der Waals surface area (Å²) in [7, 11) is 1.79. The van der Waals surface area contributed by atoms with Gasteiger partial charge in [-0.2, -0.15) is 0 Å². The Morgan fingerprint density at radius 1 is 1.30 bits per heavy atom. The molecule has 1 unspecified atom stereocenters. The zero-order valence-corrected chi connectivity index (χ0v) is 17.0. The maximum atomic E-state index is 5.75. The van der Waals surface area contributed by atoms with Crippen LogP contribution in [0.1, 0.15) is 32.8 Å². The first-order valence-corrected chi connectivity index (χ1v) is 8.12. The Morgan fingerprint density at radius 2 is 2.04 bits per heavy atom. The van der Waals surface area contributed by atoms with Gasteiger partial charge in [0.2, 0.25) is 0 Å². The van der Waals surface area contributed by atoms with Crippen molar-refractivity contribution in [3.63, 3.8) is 0 Å². The molecule has 1 heterocycles. The fourth-order valence-corrected chi connectivity index (χ4v) is 2.25. The molecule has 0 aliphatic heterocycles. The van der Waals surface area contributed by atoms with Crippen molar-refractivity contribution in [3.05, 3.63) is 30.1 Å². The summed E-state index contributed by atoms with van der Waals surface area (Å²) in [5.74, 6) is 1.37. The van der Waals surface area contributed by atoms with Gasteiger partial charge in [0.1, 0.15) is 0 Å². The Hall–Kier alpha value is -0.890. The van der Waals surface area contributed by atoms with Crippen LogP contribution in [0.25, 0.3) is 0 Å². The molecule has 1 atom stereocenters. The number of nitrogens with one attached hydrogen (secondary N) is 2.